The topological polar surface area (TPSA) is 52.6 Å². The van der Waals surface area contributed by atoms with Gasteiger partial charge in [-0.2, -0.15) is 0 Å². The van der Waals surface area contributed by atoms with Gasteiger partial charge in [-0.3, -0.25) is 4.79 Å². The molecule has 0 amide bonds. The fourth-order valence-corrected chi connectivity index (χ4v) is 2.36. The highest BCUT2D eigenvalue weighted by Crippen LogP contribution is 2.19. The first-order valence-electron chi connectivity index (χ1n) is 6.72. The van der Waals surface area contributed by atoms with E-state index in [1.807, 2.05) is 0 Å². The smallest absolute Gasteiger partial charge is 0.323 e. The molecule has 0 spiro atoms. The number of rotatable bonds is 7. The van der Waals surface area contributed by atoms with E-state index >= 15 is 0 Å². The molecule has 1 aliphatic heterocycles. The highest BCUT2D eigenvalue weighted by atomic mass is 16.4. The third kappa shape index (κ3) is 3.96. The van der Waals surface area contributed by atoms with Crippen LogP contribution < -0.4 is 5.32 Å². The lowest BCUT2D eigenvalue weighted by Gasteiger charge is -2.30. The zero-order chi connectivity index (χ0) is 12.9. The summed E-state index contributed by atoms with van der Waals surface area (Å²) >= 11 is 0. The molecule has 0 bridgehead atoms. The summed E-state index contributed by atoms with van der Waals surface area (Å²) < 4.78 is 0. The molecule has 2 N–H and O–H groups in total. The second kappa shape index (κ2) is 6.36. The standard InChI is InChI=1S/C13H26N2O2/c1-4-8-14-13(3,12(16)17)7-10-15-9-5-6-11(15)2/h11,14H,4-10H2,1-3H3,(H,16,17). The third-order valence-corrected chi connectivity index (χ3v) is 3.83. The zero-order valence-corrected chi connectivity index (χ0v) is 11.3. The predicted octanol–water partition coefficient (Wildman–Crippen LogP) is 1.70. The van der Waals surface area contributed by atoms with E-state index in [2.05, 4.69) is 24.1 Å². The molecule has 4 nitrogen and oxygen atoms in total. The third-order valence-electron chi connectivity index (χ3n) is 3.83. The molecule has 0 aliphatic carbocycles. The lowest BCUT2D eigenvalue weighted by molar-refractivity contribution is -0.144. The first-order valence-corrected chi connectivity index (χ1v) is 6.72. The number of carboxylic acid groups (broad SMARTS) is 1. The van der Waals surface area contributed by atoms with Gasteiger partial charge in [0.15, 0.2) is 0 Å². The molecular formula is C13H26N2O2. The number of hydrogen-bond donors (Lipinski definition) is 2. The van der Waals surface area contributed by atoms with E-state index in [0.29, 0.717) is 12.5 Å². The maximum Gasteiger partial charge on any atom is 0.323 e. The van der Waals surface area contributed by atoms with E-state index in [0.717, 1.165) is 26.1 Å². The fourth-order valence-electron chi connectivity index (χ4n) is 2.36. The van der Waals surface area contributed by atoms with Crippen molar-refractivity contribution in [3.8, 4) is 0 Å². The van der Waals surface area contributed by atoms with E-state index in [1.165, 1.54) is 12.8 Å². The summed E-state index contributed by atoms with van der Waals surface area (Å²) in [5, 5.41) is 12.5. The summed E-state index contributed by atoms with van der Waals surface area (Å²) in [6.07, 6.45) is 4.12. The molecule has 2 atom stereocenters. The highest BCUT2D eigenvalue weighted by molar-refractivity contribution is 5.78. The zero-order valence-electron chi connectivity index (χ0n) is 11.3. The van der Waals surface area contributed by atoms with Gasteiger partial charge in [0, 0.05) is 12.6 Å². The van der Waals surface area contributed by atoms with Gasteiger partial charge in [-0.1, -0.05) is 6.92 Å². The van der Waals surface area contributed by atoms with Crippen molar-refractivity contribution >= 4 is 5.97 Å². The van der Waals surface area contributed by atoms with E-state index in [-0.39, 0.29) is 0 Å². The van der Waals surface area contributed by atoms with Crippen LogP contribution in [0.3, 0.4) is 0 Å². The molecule has 1 aliphatic rings. The number of carbonyl (C=O) groups is 1. The molecular weight excluding hydrogens is 216 g/mol. The molecule has 1 heterocycles. The van der Waals surface area contributed by atoms with Crippen LogP contribution in [0.15, 0.2) is 0 Å². The van der Waals surface area contributed by atoms with Gasteiger partial charge >= 0.3 is 5.97 Å². The van der Waals surface area contributed by atoms with E-state index in [4.69, 9.17) is 0 Å². The minimum Gasteiger partial charge on any atom is -0.480 e. The van der Waals surface area contributed by atoms with Gasteiger partial charge in [-0.25, -0.2) is 0 Å². The molecule has 1 saturated heterocycles. The van der Waals surface area contributed by atoms with Gasteiger partial charge in [-0.15, -0.1) is 0 Å². The van der Waals surface area contributed by atoms with Gasteiger partial charge < -0.3 is 15.3 Å². The van der Waals surface area contributed by atoms with Crippen molar-refractivity contribution in [3.63, 3.8) is 0 Å². The second-order valence-electron chi connectivity index (χ2n) is 5.34. The molecule has 4 heteroatoms. The molecule has 0 aromatic heterocycles. The van der Waals surface area contributed by atoms with Crippen LogP contribution in [-0.4, -0.2) is 47.2 Å². The van der Waals surface area contributed by atoms with Crippen LogP contribution in [0.2, 0.25) is 0 Å². The monoisotopic (exact) mass is 242 g/mol. The molecule has 0 radical (unpaired) electrons. The Balaban J connectivity index is 2.46. The number of aliphatic carboxylic acids is 1. The number of hydrogen-bond acceptors (Lipinski definition) is 3. The molecule has 17 heavy (non-hydrogen) atoms. The van der Waals surface area contributed by atoms with Crippen molar-refractivity contribution in [3.05, 3.63) is 0 Å². The summed E-state index contributed by atoms with van der Waals surface area (Å²) in [7, 11) is 0. The molecule has 0 saturated carbocycles. The first kappa shape index (κ1) is 14.5. The van der Waals surface area contributed by atoms with Gasteiger partial charge in [0.1, 0.15) is 5.54 Å². The maximum atomic E-state index is 11.3. The SMILES string of the molecule is CCCNC(C)(CCN1CCCC1C)C(=O)O. The predicted molar refractivity (Wildman–Crippen MR) is 69.2 cm³/mol. The van der Waals surface area contributed by atoms with Crippen molar-refractivity contribution in [1.29, 1.82) is 0 Å². The van der Waals surface area contributed by atoms with Crippen LogP contribution in [-0.2, 0) is 4.79 Å². The largest absolute Gasteiger partial charge is 0.480 e. The molecule has 0 aromatic rings. The van der Waals surface area contributed by atoms with Crippen LogP contribution in [0.4, 0.5) is 0 Å². The van der Waals surface area contributed by atoms with Gasteiger partial charge in [-0.05, 0) is 52.6 Å². The van der Waals surface area contributed by atoms with Crippen LogP contribution in [0.1, 0.15) is 46.5 Å². The lowest BCUT2D eigenvalue weighted by atomic mass is 9.97. The summed E-state index contributed by atoms with van der Waals surface area (Å²) in [5.74, 6) is -0.738. The minimum absolute atomic E-state index is 0.610. The van der Waals surface area contributed by atoms with E-state index in [1.54, 1.807) is 6.92 Å². The van der Waals surface area contributed by atoms with Crippen molar-refractivity contribution in [2.45, 2.75) is 58.0 Å². The Kier molecular flexibility index (Phi) is 5.40. The Morgan fingerprint density at radius 3 is 2.76 bits per heavy atom. The second-order valence-corrected chi connectivity index (χ2v) is 5.34. The molecule has 0 aromatic carbocycles. The summed E-state index contributed by atoms with van der Waals surface area (Å²) in [6, 6.07) is 0.610. The number of carboxylic acids is 1. The summed E-state index contributed by atoms with van der Waals surface area (Å²) in [4.78, 5) is 13.7. The van der Waals surface area contributed by atoms with Crippen LogP contribution >= 0.6 is 0 Å². The van der Waals surface area contributed by atoms with Crippen LogP contribution in [0.25, 0.3) is 0 Å². The Bertz CT molecular complexity index is 258. The quantitative estimate of drug-likeness (QED) is 0.713. The van der Waals surface area contributed by atoms with E-state index in [9.17, 15) is 9.90 Å². The van der Waals surface area contributed by atoms with Crippen LogP contribution in [0, 0.1) is 0 Å². The van der Waals surface area contributed by atoms with Crippen molar-refractivity contribution in [1.82, 2.24) is 10.2 Å². The van der Waals surface area contributed by atoms with Crippen molar-refractivity contribution < 1.29 is 9.90 Å². The van der Waals surface area contributed by atoms with Gasteiger partial charge in [0.2, 0.25) is 0 Å². The summed E-state index contributed by atoms with van der Waals surface area (Å²) in [6.45, 7) is 8.83. The lowest BCUT2D eigenvalue weighted by Crippen LogP contribution is -2.51. The Labute approximate surface area is 104 Å². The van der Waals surface area contributed by atoms with E-state index < -0.39 is 11.5 Å². The van der Waals surface area contributed by atoms with Gasteiger partial charge in [0.05, 0.1) is 0 Å². The molecule has 100 valence electrons. The average Bonchev–Trinajstić information content (AvgIpc) is 2.69. The number of likely N-dealkylation sites (tertiary alicyclic amines) is 1. The number of nitrogens with one attached hydrogen (secondary N) is 1. The summed E-state index contributed by atoms with van der Waals surface area (Å²) in [5.41, 5.74) is -0.779. The maximum absolute atomic E-state index is 11.3. The average molecular weight is 242 g/mol. The molecule has 1 fully saturated rings. The van der Waals surface area contributed by atoms with Crippen molar-refractivity contribution in [2.75, 3.05) is 19.6 Å². The molecule has 1 rings (SSSR count). The highest BCUT2D eigenvalue weighted by Gasteiger charge is 2.33. The normalized spacial score (nSPS) is 24.8. The number of nitrogens with zero attached hydrogens (tertiary/aromatic N) is 1. The van der Waals surface area contributed by atoms with Crippen molar-refractivity contribution in [2.24, 2.45) is 0 Å². The fraction of sp³-hybridized carbons (Fsp3) is 0.923. The minimum atomic E-state index is -0.779. The molecule has 2 unspecified atom stereocenters. The van der Waals surface area contributed by atoms with Crippen LogP contribution in [0.5, 0.6) is 0 Å². The van der Waals surface area contributed by atoms with Gasteiger partial charge in [0.25, 0.3) is 0 Å². The Hall–Kier alpha value is -0.610. The Morgan fingerprint density at radius 2 is 2.29 bits per heavy atom. The Morgan fingerprint density at radius 1 is 1.59 bits per heavy atom. The first-order chi connectivity index (χ1) is 7.99.